The molecule has 0 saturated heterocycles. The van der Waals surface area contributed by atoms with Crippen molar-refractivity contribution in [1.82, 2.24) is 14.9 Å². The van der Waals surface area contributed by atoms with Crippen LogP contribution in [0.4, 0.5) is 0 Å². The molecule has 7 heteroatoms. The Balaban J connectivity index is 2.47. The number of imidazole rings is 1. The Bertz CT molecular complexity index is 690. The number of methoxy groups -OCH3 is 2. The van der Waals surface area contributed by atoms with Crippen LogP contribution in [0.1, 0.15) is 6.42 Å². The second-order valence-electron chi connectivity index (χ2n) is 4.23. The van der Waals surface area contributed by atoms with Gasteiger partial charge < -0.3 is 24.3 Å². The maximum Gasteiger partial charge on any atom is 0.221 e. The SMILES string of the molecule is CNC(=O)CCn1c(=S)[nH]c2cc(OC)c(OC)cc21. The molecule has 1 amide bonds. The summed E-state index contributed by atoms with van der Waals surface area (Å²) in [4.78, 5) is 14.5. The zero-order valence-corrected chi connectivity index (χ0v) is 12.5. The van der Waals surface area contributed by atoms with E-state index in [0.29, 0.717) is 29.2 Å². The Morgan fingerprint density at radius 2 is 2.00 bits per heavy atom. The minimum absolute atomic E-state index is 0.0262. The number of rotatable bonds is 5. The predicted molar refractivity (Wildman–Crippen MR) is 78.9 cm³/mol. The Labute approximate surface area is 121 Å². The number of nitrogens with zero attached hydrogens (tertiary/aromatic N) is 1. The fraction of sp³-hybridized carbons (Fsp3) is 0.385. The molecule has 0 unspecified atom stereocenters. The standard InChI is InChI=1S/C13H17N3O3S/c1-14-12(17)4-5-16-9-7-11(19-3)10(18-2)6-8(9)15-13(16)20/h6-7H,4-5H2,1-3H3,(H,14,17)(H,15,20). The molecule has 20 heavy (non-hydrogen) atoms. The zero-order valence-electron chi connectivity index (χ0n) is 11.6. The molecule has 0 spiro atoms. The number of fused-ring (bicyclic) bond motifs is 1. The summed E-state index contributed by atoms with van der Waals surface area (Å²) in [5, 5.41) is 2.59. The summed E-state index contributed by atoms with van der Waals surface area (Å²) in [6, 6.07) is 3.69. The average Bonchev–Trinajstić information content (AvgIpc) is 2.77. The van der Waals surface area contributed by atoms with Crippen molar-refractivity contribution in [2.24, 2.45) is 0 Å². The van der Waals surface area contributed by atoms with E-state index >= 15 is 0 Å². The van der Waals surface area contributed by atoms with Gasteiger partial charge in [-0.25, -0.2) is 0 Å². The van der Waals surface area contributed by atoms with Gasteiger partial charge in [0.25, 0.3) is 0 Å². The summed E-state index contributed by atoms with van der Waals surface area (Å²) in [7, 11) is 4.78. The summed E-state index contributed by atoms with van der Waals surface area (Å²) in [5.74, 6) is 1.24. The monoisotopic (exact) mass is 295 g/mol. The van der Waals surface area contributed by atoms with Gasteiger partial charge in [-0.15, -0.1) is 0 Å². The van der Waals surface area contributed by atoms with Crippen molar-refractivity contribution in [3.05, 3.63) is 16.9 Å². The van der Waals surface area contributed by atoms with Crippen molar-refractivity contribution in [3.8, 4) is 11.5 Å². The molecule has 1 aromatic carbocycles. The summed E-state index contributed by atoms with van der Waals surface area (Å²) >= 11 is 5.29. The van der Waals surface area contributed by atoms with Gasteiger partial charge >= 0.3 is 0 Å². The van der Waals surface area contributed by atoms with E-state index in [0.717, 1.165) is 11.0 Å². The highest BCUT2D eigenvalue weighted by atomic mass is 32.1. The van der Waals surface area contributed by atoms with Gasteiger partial charge in [0.05, 0.1) is 25.3 Å². The summed E-state index contributed by atoms with van der Waals surface area (Å²) in [6.45, 7) is 0.508. The van der Waals surface area contributed by atoms with Crippen LogP contribution < -0.4 is 14.8 Å². The van der Waals surface area contributed by atoms with E-state index in [1.54, 1.807) is 21.3 Å². The lowest BCUT2D eigenvalue weighted by Crippen LogP contribution is -2.19. The van der Waals surface area contributed by atoms with Crippen molar-refractivity contribution in [2.75, 3.05) is 21.3 Å². The third kappa shape index (κ3) is 2.62. The van der Waals surface area contributed by atoms with Crippen LogP contribution in [-0.4, -0.2) is 36.7 Å². The molecule has 0 radical (unpaired) electrons. The number of hydrogen-bond acceptors (Lipinski definition) is 4. The molecule has 0 fully saturated rings. The minimum Gasteiger partial charge on any atom is -0.493 e. The molecule has 6 nitrogen and oxygen atoms in total. The molecule has 0 bridgehead atoms. The molecular formula is C13H17N3O3S. The van der Waals surface area contributed by atoms with Crippen LogP contribution in [-0.2, 0) is 11.3 Å². The number of amides is 1. The number of aromatic nitrogens is 2. The molecule has 1 aromatic heterocycles. The van der Waals surface area contributed by atoms with E-state index in [9.17, 15) is 4.79 Å². The first kappa shape index (κ1) is 14.4. The molecular weight excluding hydrogens is 278 g/mol. The van der Waals surface area contributed by atoms with Crippen LogP contribution in [0.3, 0.4) is 0 Å². The van der Waals surface area contributed by atoms with Crippen LogP contribution in [0.2, 0.25) is 0 Å². The van der Waals surface area contributed by atoms with Gasteiger partial charge in [0.1, 0.15) is 0 Å². The Morgan fingerprint density at radius 1 is 1.35 bits per heavy atom. The molecule has 0 atom stereocenters. The Kier molecular flexibility index (Phi) is 4.29. The van der Waals surface area contributed by atoms with Gasteiger partial charge in [0, 0.05) is 32.1 Å². The lowest BCUT2D eigenvalue weighted by molar-refractivity contribution is -0.120. The first-order valence-electron chi connectivity index (χ1n) is 6.15. The maximum absolute atomic E-state index is 11.4. The van der Waals surface area contributed by atoms with Crippen LogP contribution in [0.25, 0.3) is 11.0 Å². The van der Waals surface area contributed by atoms with Crippen LogP contribution in [0.5, 0.6) is 11.5 Å². The molecule has 2 N–H and O–H groups in total. The van der Waals surface area contributed by atoms with Gasteiger partial charge in [0.2, 0.25) is 5.91 Å². The maximum atomic E-state index is 11.4. The summed E-state index contributed by atoms with van der Waals surface area (Å²) in [5.41, 5.74) is 1.74. The highest BCUT2D eigenvalue weighted by Crippen LogP contribution is 2.31. The summed E-state index contributed by atoms with van der Waals surface area (Å²) < 4.78 is 13.0. The average molecular weight is 295 g/mol. The number of nitrogens with one attached hydrogen (secondary N) is 2. The highest BCUT2D eigenvalue weighted by molar-refractivity contribution is 7.71. The van der Waals surface area contributed by atoms with Crippen molar-refractivity contribution < 1.29 is 14.3 Å². The number of hydrogen-bond donors (Lipinski definition) is 2. The van der Waals surface area contributed by atoms with Crippen LogP contribution >= 0.6 is 12.2 Å². The number of H-pyrrole nitrogens is 1. The van der Waals surface area contributed by atoms with E-state index in [1.165, 1.54) is 0 Å². The van der Waals surface area contributed by atoms with Crippen molar-refractivity contribution in [2.45, 2.75) is 13.0 Å². The lowest BCUT2D eigenvalue weighted by atomic mass is 10.2. The molecule has 0 aliphatic carbocycles. The number of benzene rings is 1. The fourth-order valence-corrected chi connectivity index (χ4v) is 2.34. The first-order valence-corrected chi connectivity index (χ1v) is 6.56. The molecule has 0 saturated carbocycles. The second-order valence-corrected chi connectivity index (χ2v) is 4.62. The third-order valence-electron chi connectivity index (χ3n) is 3.12. The molecule has 2 aromatic rings. The van der Waals surface area contributed by atoms with Gasteiger partial charge in [-0.2, -0.15) is 0 Å². The van der Waals surface area contributed by atoms with Gasteiger partial charge in [-0.05, 0) is 12.2 Å². The van der Waals surface area contributed by atoms with Crippen LogP contribution in [0, 0.1) is 4.77 Å². The number of carbonyl (C=O) groups excluding carboxylic acids is 1. The van der Waals surface area contributed by atoms with Crippen molar-refractivity contribution >= 4 is 29.2 Å². The van der Waals surface area contributed by atoms with Crippen LogP contribution in [0.15, 0.2) is 12.1 Å². The molecule has 0 aliphatic heterocycles. The highest BCUT2D eigenvalue weighted by Gasteiger charge is 2.11. The van der Waals surface area contributed by atoms with E-state index < -0.39 is 0 Å². The Morgan fingerprint density at radius 3 is 2.60 bits per heavy atom. The largest absolute Gasteiger partial charge is 0.493 e. The Hall–Kier alpha value is -2.02. The predicted octanol–water partition coefficient (Wildman–Crippen LogP) is 1.85. The zero-order chi connectivity index (χ0) is 14.7. The third-order valence-corrected chi connectivity index (χ3v) is 3.44. The van der Waals surface area contributed by atoms with Crippen molar-refractivity contribution in [1.29, 1.82) is 0 Å². The fourth-order valence-electron chi connectivity index (χ4n) is 2.04. The smallest absolute Gasteiger partial charge is 0.221 e. The topological polar surface area (TPSA) is 68.3 Å². The number of carbonyl (C=O) groups is 1. The van der Waals surface area contributed by atoms with Gasteiger partial charge in [-0.3, -0.25) is 4.79 Å². The first-order chi connectivity index (χ1) is 9.60. The molecule has 2 rings (SSSR count). The quantitative estimate of drug-likeness (QED) is 0.826. The van der Waals surface area contributed by atoms with Gasteiger partial charge in [0.15, 0.2) is 16.3 Å². The van der Waals surface area contributed by atoms with Gasteiger partial charge in [-0.1, -0.05) is 0 Å². The van der Waals surface area contributed by atoms with E-state index in [1.807, 2.05) is 16.7 Å². The number of aryl methyl sites for hydroxylation is 1. The molecule has 1 heterocycles. The minimum atomic E-state index is -0.0262. The van der Waals surface area contributed by atoms with E-state index in [4.69, 9.17) is 21.7 Å². The normalized spacial score (nSPS) is 10.6. The van der Waals surface area contributed by atoms with Crippen molar-refractivity contribution in [3.63, 3.8) is 0 Å². The molecule has 0 aliphatic rings. The second kappa shape index (κ2) is 5.96. The molecule has 108 valence electrons. The van der Waals surface area contributed by atoms with E-state index in [2.05, 4.69) is 10.3 Å². The number of aromatic amines is 1. The van der Waals surface area contributed by atoms with E-state index in [-0.39, 0.29) is 5.91 Å². The summed E-state index contributed by atoms with van der Waals surface area (Å²) in [6.07, 6.45) is 0.367. The lowest BCUT2D eigenvalue weighted by Gasteiger charge is -2.09. The number of ether oxygens (including phenoxy) is 2.